The standard InChI is InChI=1S/C15H18ClN3/c1-11-4-5-13(16)14(7-11)19-10-18-9-15(19)12-3-2-6-17-8-12/h4-5,7,9-10,12,17H,2-3,6,8H2,1H3. The lowest BCUT2D eigenvalue weighted by atomic mass is 9.96. The maximum atomic E-state index is 6.33. The summed E-state index contributed by atoms with van der Waals surface area (Å²) in [5.74, 6) is 0.521. The van der Waals surface area contributed by atoms with Gasteiger partial charge < -0.3 is 9.88 Å². The summed E-state index contributed by atoms with van der Waals surface area (Å²) in [6.45, 7) is 4.23. The van der Waals surface area contributed by atoms with Crippen molar-refractivity contribution in [1.29, 1.82) is 0 Å². The number of aromatic nitrogens is 2. The molecule has 3 rings (SSSR count). The number of piperidine rings is 1. The molecule has 0 spiro atoms. The van der Waals surface area contributed by atoms with Crippen LogP contribution in [0.1, 0.15) is 30.0 Å². The van der Waals surface area contributed by atoms with E-state index in [1.165, 1.54) is 24.1 Å². The van der Waals surface area contributed by atoms with Gasteiger partial charge in [-0.25, -0.2) is 4.98 Å². The number of hydrogen-bond donors (Lipinski definition) is 1. The zero-order valence-electron chi connectivity index (χ0n) is 11.1. The quantitative estimate of drug-likeness (QED) is 0.911. The Balaban J connectivity index is 2.01. The molecule has 1 atom stereocenters. The van der Waals surface area contributed by atoms with Gasteiger partial charge >= 0.3 is 0 Å². The zero-order valence-corrected chi connectivity index (χ0v) is 11.8. The smallest absolute Gasteiger partial charge is 0.0994 e. The zero-order chi connectivity index (χ0) is 13.2. The van der Waals surface area contributed by atoms with Gasteiger partial charge in [-0.3, -0.25) is 0 Å². The summed E-state index contributed by atoms with van der Waals surface area (Å²) < 4.78 is 2.13. The molecule has 0 bridgehead atoms. The minimum Gasteiger partial charge on any atom is -0.316 e. The van der Waals surface area contributed by atoms with Gasteiger partial charge in [-0.1, -0.05) is 17.7 Å². The van der Waals surface area contributed by atoms with E-state index in [9.17, 15) is 0 Å². The monoisotopic (exact) mass is 275 g/mol. The average Bonchev–Trinajstić information content (AvgIpc) is 2.91. The molecule has 1 saturated heterocycles. The van der Waals surface area contributed by atoms with Crippen molar-refractivity contribution in [2.45, 2.75) is 25.7 Å². The van der Waals surface area contributed by atoms with E-state index in [1.54, 1.807) is 0 Å². The summed E-state index contributed by atoms with van der Waals surface area (Å²) in [7, 11) is 0. The van der Waals surface area contributed by atoms with E-state index in [4.69, 9.17) is 11.6 Å². The van der Waals surface area contributed by atoms with Crippen molar-refractivity contribution in [2.24, 2.45) is 0 Å². The summed E-state index contributed by atoms with van der Waals surface area (Å²) in [4.78, 5) is 4.32. The second-order valence-electron chi connectivity index (χ2n) is 5.19. The van der Waals surface area contributed by atoms with Gasteiger partial charge in [0, 0.05) is 24.4 Å². The van der Waals surface area contributed by atoms with E-state index in [0.717, 1.165) is 23.8 Å². The van der Waals surface area contributed by atoms with Gasteiger partial charge in [-0.2, -0.15) is 0 Å². The lowest BCUT2D eigenvalue weighted by Gasteiger charge is -2.24. The average molecular weight is 276 g/mol. The number of nitrogens with one attached hydrogen (secondary N) is 1. The van der Waals surface area contributed by atoms with Crippen LogP contribution in [0.4, 0.5) is 0 Å². The first-order valence-electron chi connectivity index (χ1n) is 6.75. The molecule has 1 aliphatic heterocycles. The second kappa shape index (κ2) is 5.35. The van der Waals surface area contributed by atoms with Gasteiger partial charge in [0.1, 0.15) is 0 Å². The van der Waals surface area contributed by atoms with E-state index in [-0.39, 0.29) is 0 Å². The Morgan fingerprint density at radius 1 is 1.42 bits per heavy atom. The Bertz CT molecular complexity index is 571. The first-order chi connectivity index (χ1) is 9.25. The van der Waals surface area contributed by atoms with E-state index < -0.39 is 0 Å². The molecule has 3 nitrogen and oxygen atoms in total. The Morgan fingerprint density at radius 2 is 2.32 bits per heavy atom. The number of aryl methyl sites for hydroxylation is 1. The molecule has 0 amide bonds. The first-order valence-corrected chi connectivity index (χ1v) is 7.13. The molecule has 0 radical (unpaired) electrons. The van der Waals surface area contributed by atoms with Gasteiger partial charge in [-0.05, 0) is 44.0 Å². The molecule has 1 N–H and O–H groups in total. The molecule has 1 fully saturated rings. The molecule has 0 saturated carbocycles. The Labute approximate surface area is 118 Å². The van der Waals surface area contributed by atoms with E-state index in [0.29, 0.717) is 5.92 Å². The van der Waals surface area contributed by atoms with Crippen molar-refractivity contribution in [3.05, 3.63) is 47.0 Å². The third-order valence-corrected chi connectivity index (χ3v) is 4.06. The topological polar surface area (TPSA) is 29.9 Å². The number of rotatable bonds is 2. The van der Waals surface area contributed by atoms with Crippen LogP contribution in [0.25, 0.3) is 5.69 Å². The predicted octanol–water partition coefficient (Wildman–Crippen LogP) is 3.30. The summed E-state index contributed by atoms with van der Waals surface area (Å²) in [5.41, 5.74) is 3.49. The van der Waals surface area contributed by atoms with Crippen LogP contribution in [-0.2, 0) is 0 Å². The molecule has 2 aromatic rings. The van der Waals surface area contributed by atoms with Gasteiger partial charge in [-0.15, -0.1) is 0 Å². The van der Waals surface area contributed by atoms with Crippen LogP contribution in [0.5, 0.6) is 0 Å². The molecular formula is C15H18ClN3. The fourth-order valence-corrected chi connectivity index (χ4v) is 2.93. The summed E-state index contributed by atoms with van der Waals surface area (Å²) in [6, 6.07) is 6.10. The Kier molecular flexibility index (Phi) is 3.58. The largest absolute Gasteiger partial charge is 0.316 e. The minimum atomic E-state index is 0.521. The normalized spacial score (nSPS) is 19.6. The number of imidazole rings is 1. The van der Waals surface area contributed by atoms with Crippen molar-refractivity contribution in [3.63, 3.8) is 0 Å². The fourth-order valence-electron chi connectivity index (χ4n) is 2.72. The highest BCUT2D eigenvalue weighted by atomic mass is 35.5. The Hall–Kier alpha value is -1.32. The summed E-state index contributed by atoms with van der Waals surface area (Å²) in [5, 5.41) is 4.23. The van der Waals surface area contributed by atoms with Crippen LogP contribution < -0.4 is 5.32 Å². The molecule has 19 heavy (non-hydrogen) atoms. The molecule has 4 heteroatoms. The van der Waals surface area contributed by atoms with Crippen LogP contribution in [-0.4, -0.2) is 22.6 Å². The van der Waals surface area contributed by atoms with E-state index in [2.05, 4.69) is 27.9 Å². The number of hydrogen-bond acceptors (Lipinski definition) is 2. The molecule has 2 heterocycles. The Morgan fingerprint density at radius 3 is 3.11 bits per heavy atom. The van der Waals surface area contributed by atoms with E-state index >= 15 is 0 Å². The van der Waals surface area contributed by atoms with Crippen LogP contribution in [0.15, 0.2) is 30.7 Å². The summed E-state index contributed by atoms with van der Waals surface area (Å²) in [6.07, 6.45) is 6.26. The van der Waals surface area contributed by atoms with Gasteiger partial charge in [0.25, 0.3) is 0 Å². The van der Waals surface area contributed by atoms with Gasteiger partial charge in [0.2, 0.25) is 0 Å². The highest BCUT2D eigenvalue weighted by molar-refractivity contribution is 6.32. The van der Waals surface area contributed by atoms with Gasteiger partial charge in [0.15, 0.2) is 0 Å². The maximum Gasteiger partial charge on any atom is 0.0994 e. The fraction of sp³-hybridized carbons (Fsp3) is 0.400. The molecule has 1 aromatic carbocycles. The number of benzene rings is 1. The first kappa shape index (κ1) is 12.7. The van der Waals surface area contributed by atoms with Crippen LogP contribution in [0, 0.1) is 6.92 Å². The van der Waals surface area contributed by atoms with Crippen LogP contribution >= 0.6 is 11.6 Å². The van der Waals surface area contributed by atoms with Crippen molar-refractivity contribution < 1.29 is 0 Å². The third-order valence-electron chi connectivity index (χ3n) is 3.74. The van der Waals surface area contributed by atoms with Crippen molar-refractivity contribution in [1.82, 2.24) is 14.9 Å². The molecule has 0 aliphatic carbocycles. The maximum absolute atomic E-state index is 6.33. The van der Waals surface area contributed by atoms with Crippen LogP contribution in [0.3, 0.4) is 0 Å². The van der Waals surface area contributed by atoms with E-state index in [1.807, 2.05) is 24.7 Å². The lowest BCUT2D eigenvalue weighted by molar-refractivity contribution is 0.451. The van der Waals surface area contributed by atoms with Crippen molar-refractivity contribution >= 4 is 11.6 Å². The minimum absolute atomic E-state index is 0.521. The van der Waals surface area contributed by atoms with Crippen molar-refractivity contribution in [2.75, 3.05) is 13.1 Å². The van der Waals surface area contributed by atoms with Crippen molar-refractivity contribution in [3.8, 4) is 5.69 Å². The highest BCUT2D eigenvalue weighted by Crippen LogP contribution is 2.28. The SMILES string of the molecule is Cc1ccc(Cl)c(-n2cncc2C2CCCNC2)c1. The molecule has 1 aliphatic rings. The summed E-state index contributed by atoms with van der Waals surface area (Å²) >= 11 is 6.33. The highest BCUT2D eigenvalue weighted by Gasteiger charge is 2.20. The lowest BCUT2D eigenvalue weighted by Crippen LogP contribution is -2.29. The molecule has 100 valence electrons. The molecule has 1 aromatic heterocycles. The second-order valence-corrected chi connectivity index (χ2v) is 5.59. The number of halogens is 1. The molecule has 1 unspecified atom stereocenters. The third kappa shape index (κ3) is 2.53. The number of nitrogens with zero attached hydrogens (tertiary/aromatic N) is 2. The predicted molar refractivity (Wildman–Crippen MR) is 78.2 cm³/mol. The molecular weight excluding hydrogens is 258 g/mol. The van der Waals surface area contributed by atoms with Crippen LogP contribution in [0.2, 0.25) is 5.02 Å². The van der Waals surface area contributed by atoms with Gasteiger partial charge in [0.05, 0.1) is 17.0 Å².